The molecule has 0 saturated carbocycles. The van der Waals surface area contributed by atoms with Gasteiger partial charge in [0, 0.05) is 29.5 Å². The van der Waals surface area contributed by atoms with Crippen LogP contribution < -0.4 is 5.32 Å². The molecule has 2 fully saturated rings. The maximum Gasteiger partial charge on any atom is 0.222 e. The summed E-state index contributed by atoms with van der Waals surface area (Å²) in [4.78, 5) is 21.9. The molecule has 24 heavy (non-hydrogen) atoms. The van der Waals surface area contributed by atoms with Crippen LogP contribution in [0.1, 0.15) is 23.6 Å². The summed E-state index contributed by atoms with van der Waals surface area (Å²) in [6, 6.07) is 7.69. The number of aromatic nitrogens is 2. The number of nitrogens with one attached hydrogen (secondary N) is 1. The number of hydrogen-bond donors (Lipinski definition) is 1. The molecule has 1 N–H and O–H groups in total. The van der Waals surface area contributed by atoms with E-state index >= 15 is 0 Å². The summed E-state index contributed by atoms with van der Waals surface area (Å²) in [6.07, 6.45) is 5.37. The predicted molar refractivity (Wildman–Crippen MR) is 89.6 cm³/mol. The van der Waals surface area contributed by atoms with Gasteiger partial charge in [0.25, 0.3) is 0 Å². The van der Waals surface area contributed by atoms with Crippen LogP contribution in [0, 0.1) is 0 Å². The first-order valence-electron chi connectivity index (χ1n) is 7.82. The number of benzene rings is 1. The lowest BCUT2D eigenvalue weighted by Gasteiger charge is -2.60. The Hall–Kier alpha value is -2.18. The summed E-state index contributed by atoms with van der Waals surface area (Å²) < 4.78 is 5.25. The van der Waals surface area contributed by atoms with Gasteiger partial charge in [-0.05, 0) is 24.1 Å². The smallest absolute Gasteiger partial charge is 0.222 e. The highest BCUT2D eigenvalue weighted by Gasteiger charge is 2.56. The number of likely N-dealkylation sites (tertiary alicyclic amines) is 1. The predicted octanol–water partition coefficient (Wildman–Crippen LogP) is 2.41. The number of halogens is 1. The van der Waals surface area contributed by atoms with Crippen molar-refractivity contribution in [3.63, 3.8) is 0 Å². The van der Waals surface area contributed by atoms with Gasteiger partial charge in [-0.1, -0.05) is 23.7 Å². The van der Waals surface area contributed by atoms with Gasteiger partial charge in [-0.25, -0.2) is 9.97 Å². The molecular weight excluding hydrogens is 328 g/mol. The highest BCUT2D eigenvalue weighted by molar-refractivity contribution is 6.30. The van der Waals surface area contributed by atoms with E-state index in [1.54, 1.807) is 12.4 Å². The van der Waals surface area contributed by atoms with Crippen LogP contribution in [0.15, 0.2) is 36.7 Å². The number of anilines is 1. The molecule has 4 rings (SSSR count). The molecule has 1 aromatic heterocycles. The van der Waals surface area contributed by atoms with Crippen molar-refractivity contribution in [2.45, 2.75) is 24.5 Å². The second-order valence-electron chi connectivity index (χ2n) is 6.27. The summed E-state index contributed by atoms with van der Waals surface area (Å²) in [5.41, 5.74) is 1.93. The zero-order valence-electron chi connectivity index (χ0n) is 13.0. The van der Waals surface area contributed by atoms with Crippen molar-refractivity contribution in [1.82, 2.24) is 14.9 Å². The Morgan fingerprint density at radius 3 is 2.79 bits per heavy atom. The molecule has 0 radical (unpaired) electrons. The quantitative estimate of drug-likeness (QED) is 0.844. The van der Waals surface area contributed by atoms with Crippen LogP contribution in [0.4, 0.5) is 5.95 Å². The summed E-state index contributed by atoms with van der Waals surface area (Å²) >= 11 is 5.97. The topological polar surface area (TPSA) is 67.4 Å². The number of rotatable bonds is 5. The van der Waals surface area contributed by atoms with Crippen molar-refractivity contribution in [3.8, 4) is 0 Å². The van der Waals surface area contributed by atoms with Gasteiger partial charge < -0.3 is 15.0 Å². The maximum absolute atomic E-state index is 11.3. The molecule has 1 aromatic carbocycles. The van der Waals surface area contributed by atoms with Crippen LogP contribution in [0.5, 0.6) is 0 Å². The summed E-state index contributed by atoms with van der Waals surface area (Å²) in [5, 5.41) is 3.88. The average molecular weight is 345 g/mol. The zero-order valence-corrected chi connectivity index (χ0v) is 13.7. The third kappa shape index (κ3) is 2.61. The Balaban J connectivity index is 1.39. The lowest BCUT2D eigenvalue weighted by molar-refractivity contribution is -0.213. The van der Waals surface area contributed by atoms with Gasteiger partial charge in [-0.2, -0.15) is 0 Å². The summed E-state index contributed by atoms with van der Waals surface area (Å²) in [6.45, 7) is 1.86. The van der Waals surface area contributed by atoms with Crippen molar-refractivity contribution < 1.29 is 9.53 Å². The largest absolute Gasteiger partial charge is 0.376 e. The van der Waals surface area contributed by atoms with Crippen LogP contribution in [0.25, 0.3) is 0 Å². The Morgan fingerprint density at radius 2 is 2.17 bits per heavy atom. The zero-order chi connectivity index (χ0) is 16.6. The van der Waals surface area contributed by atoms with Crippen molar-refractivity contribution in [2.24, 2.45) is 0 Å². The molecule has 7 heteroatoms. The lowest BCUT2D eigenvalue weighted by atomic mass is 9.75. The normalized spacial score (nSPS) is 21.0. The number of nitrogens with zero attached hydrogens (tertiary/aromatic N) is 3. The fourth-order valence-corrected chi connectivity index (χ4v) is 3.49. The van der Waals surface area contributed by atoms with E-state index in [2.05, 4.69) is 15.3 Å². The minimum Gasteiger partial charge on any atom is -0.376 e. The first kappa shape index (κ1) is 15.4. The Labute approximate surface area is 144 Å². The van der Waals surface area contributed by atoms with E-state index in [1.165, 1.54) is 0 Å². The fraction of sp³-hybridized carbons (Fsp3) is 0.353. The molecular formula is C17H17ClN4O2. The highest BCUT2D eigenvalue weighted by atomic mass is 35.5. The van der Waals surface area contributed by atoms with E-state index in [0.29, 0.717) is 30.7 Å². The van der Waals surface area contributed by atoms with E-state index in [9.17, 15) is 4.79 Å². The molecule has 2 aliphatic rings. The van der Waals surface area contributed by atoms with Crippen molar-refractivity contribution in [1.29, 1.82) is 0 Å². The molecule has 6 nitrogen and oxygen atoms in total. The standard InChI is InChI=1S/C17H17ClN4O2/c18-14-3-1-2-12(4-14)6-19-16-20-7-13(8-21-16)15-5-17(9-24-10-17)22(15)11-23/h1-4,7-8,11,15H,5-6,9-10H2,(H,19,20,21). The van der Waals surface area contributed by atoms with Crippen molar-refractivity contribution in [2.75, 3.05) is 18.5 Å². The molecule has 1 atom stereocenters. The van der Waals surface area contributed by atoms with Gasteiger partial charge in [0.15, 0.2) is 0 Å². The van der Waals surface area contributed by atoms with E-state index in [-0.39, 0.29) is 11.6 Å². The minimum absolute atomic E-state index is 0.0494. The van der Waals surface area contributed by atoms with Gasteiger partial charge in [-0.3, -0.25) is 4.79 Å². The minimum atomic E-state index is -0.0874. The van der Waals surface area contributed by atoms with E-state index in [0.717, 1.165) is 24.0 Å². The van der Waals surface area contributed by atoms with E-state index in [1.807, 2.05) is 29.2 Å². The van der Waals surface area contributed by atoms with E-state index in [4.69, 9.17) is 16.3 Å². The van der Waals surface area contributed by atoms with Gasteiger partial charge in [0.1, 0.15) is 0 Å². The molecule has 1 spiro atoms. The number of carbonyl (C=O) groups is 1. The van der Waals surface area contributed by atoms with Crippen LogP contribution >= 0.6 is 11.6 Å². The van der Waals surface area contributed by atoms with Gasteiger partial charge in [-0.15, -0.1) is 0 Å². The molecule has 2 aromatic rings. The Morgan fingerprint density at radius 1 is 1.38 bits per heavy atom. The third-order valence-electron chi connectivity index (χ3n) is 4.71. The molecule has 1 unspecified atom stereocenters. The molecule has 2 saturated heterocycles. The molecule has 2 aliphatic heterocycles. The Kier molecular flexibility index (Phi) is 3.86. The molecule has 124 valence electrons. The second-order valence-corrected chi connectivity index (χ2v) is 6.71. The molecule has 1 amide bonds. The van der Waals surface area contributed by atoms with Gasteiger partial charge >= 0.3 is 0 Å². The third-order valence-corrected chi connectivity index (χ3v) is 4.94. The highest BCUT2D eigenvalue weighted by Crippen LogP contribution is 2.48. The molecule has 0 bridgehead atoms. The second kappa shape index (κ2) is 6.03. The lowest BCUT2D eigenvalue weighted by Crippen LogP contribution is -2.71. The SMILES string of the molecule is O=CN1C(c2cnc(NCc3cccc(Cl)c3)nc2)CC12COC2. The van der Waals surface area contributed by atoms with Crippen LogP contribution in [-0.2, 0) is 16.1 Å². The summed E-state index contributed by atoms with van der Waals surface area (Å²) in [7, 11) is 0. The van der Waals surface area contributed by atoms with Crippen molar-refractivity contribution in [3.05, 3.63) is 52.8 Å². The number of ether oxygens (including phenoxy) is 1. The fourth-order valence-electron chi connectivity index (χ4n) is 3.28. The monoisotopic (exact) mass is 344 g/mol. The van der Waals surface area contributed by atoms with Crippen LogP contribution in [0.3, 0.4) is 0 Å². The van der Waals surface area contributed by atoms with Crippen molar-refractivity contribution >= 4 is 24.0 Å². The number of amides is 1. The van der Waals surface area contributed by atoms with Gasteiger partial charge in [0.2, 0.25) is 12.4 Å². The Bertz CT molecular complexity index is 749. The molecule has 0 aliphatic carbocycles. The van der Waals surface area contributed by atoms with Gasteiger partial charge in [0.05, 0.1) is 24.8 Å². The molecule has 3 heterocycles. The van der Waals surface area contributed by atoms with Crippen LogP contribution in [-0.4, -0.2) is 40.0 Å². The summed E-state index contributed by atoms with van der Waals surface area (Å²) in [5.74, 6) is 0.553. The first-order chi connectivity index (χ1) is 11.7. The maximum atomic E-state index is 11.3. The number of carbonyl (C=O) groups excluding carboxylic acids is 1. The number of hydrogen-bond acceptors (Lipinski definition) is 5. The van der Waals surface area contributed by atoms with E-state index < -0.39 is 0 Å². The van der Waals surface area contributed by atoms with Crippen LogP contribution in [0.2, 0.25) is 5.02 Å². The first-order valence-corrected chi connectivity index (χ1v) is 8.20. The average Bonchev–Trinajstić information content (AvgIpc) is 2.52.